The number of hydrogen-bond acceptors (Lipinski definition) is 12. The number of phenols is 9. The summed E-state index contributed by atoms with van der Waals surface area (Å²) in [4.78, 5) is 39.2. The van der Waals surface area contributed by atoms with Crippen molar-refractivity contribution in [3.05, 3.63) is 53.1 Å². The number of aromatic hydroxyl groups is 9. The summed E-state index contributed by atoms with van der Waals surface area (Å²) in [5.74, 6) is -14.6. The van der Waals surface area contributed by atoms with Gasteiger partial charge in [-0.3, -0.25) is 14.4 Å². The lowest BCUT2D eigenvalue weighted by Crippen LogP contribution is -2.42. The van der Waals surface area contributed by atoms with E-state index >= 15 is 0 Å². The van der Waals surface area contributed by atoms with Crippen LogP contribution in [0.25, 0.3) is 0 Å². The number of carbonyl (C=O) groups is 3. The molecule has 3 rings (SSSR count). The molecule has 13 heteroatoms. The minimum absolute atomic E-state index is 0.234. The highest BCUT2D eigenvalue weighted by atomic mass is 16.3. The van der Waals surface area contributed by atoms with Crippen LogP contribution in [0, 0.1) is 0 Å². The molecule has 176 valence electrons. The molecule has 0 spiro atoms. The Bertz CT molecular complexity index is 1200. The molecule has 0 aliphatic rings. The first-order valence-electron chi connectivity index (χ1n) is 9.03. The van der Waals surface area contributed by atoms with Gasteiger partial charge < -0.3 is 46.0 Å². The molecule has 0 heterocycles. The number of benzene rings is 3. The van der Waals surface area contributed by atoms with Crippen LogP contribution in [0.1, 0.15) is 31.1 Å². The smallest absolute Gasteiger partial charge is 0.271 e. The Morgan fingerprint density at radius 3 is 0.882 bits per heavy atom. The summed E-state index contributed by atoms with van der Waals surface area (Å²) in [7, 11) is 0. The second-order valence-electron chi connectivity index (χ2n) is 6.74. The summed E-state index contributed by atoms with van der Waals surface area (Å²) in [5.41, 5.74) is -2.66. The Morgan fingerprint density at radius 1 is 0.412 bits per heavy atom. The van der Waals surface area contributed by atoms with Gasteiger partial charge in [-0.15, -0.1) is 0 Å². The van der Waals surface area contributed by atoms with Crippen molar-refractivity contribution in [3.8, 4) is 51.7 Å². The molecule has 0 bridgehead atoms. The van der Waals surface area contributed by atoms with Crippen LogP contribution >= 0.6 is 0 Å². The normalized spacial score (nSPS) is 10.6. The summed E-state index contributed by atoms with van der Waals surface area (Å²) in [6.45, 7) is 0. The van der Waals surface area contributed by atoms with Gasteiger partial charge in [0, 0.05) is 0 Å². The lowest BCUT2D eigenvalue weighted by molar-refractivity contribution is 0.0534. The van der Waals surface area contributed by atoms with Crippen molar-refractivity contribution in [1.29, 1.82) is 0 Å². The monoisotopic (exact) mass is 473 g/mol. The molecule has 3 aromatic carbocycles. The highest BCUT2D eigenvalue weighted by Crippen LogP contribution is 2.41. The number of imide groups is 3. The number of rotatable bonds is 3. The van der Waals surface area contributed by atoms with Crippen LogP contribution in [0.2, 0.25) is 0 Å². The SMILES string of the molecule is O=C(c1ccc(O)c(O)c1O)N(C(=O)c1ccc(O)c(O)c1O)C(=O)c1ccc(O)c(O)c1O. The molecule has 0 aliphatic carbocycles. The van der Waals surface area contributed by atoms with E-state index in [4.69, 9.17) is 0 Å². The van der Waals surface area contributed by atoms with E-state index in [1.54, 1.807) is 0 Å². The van der Waals surface area contributed by atoms with Gasteiger partial charge in [-0.2, -0.15) is 0 Å². The molecule has 0 saturated carbocycles. The summed E-state index contributed by atoms with van der Waals surface area (Å²) in [6.07, 6.45) is 0. The Morgan fingerprint density at radius 2 is 0.647 bits per heavy atom. The van der Waals surface area contributed by atoms with Crippen LogP contribution in [0.15, 0.2) is 36.4 Å². The van der Waals surface area contributed by atoms with Crippen molar-refractivity contribution >= 4 is 17.7 Å². The third-order valence-electron chi connectivity index (χ3n) is 4.69. The highest BCUT2D eigenvalue weighted by Gasteiger charge is 2.37. The fraction of sp³-hybridized carbons (Fsp3) is 0. The van der Waals surface area contributed by atoms with Crippen molar-refractivity contribution in [3.63, 3.8) is 0 Å². The van der Waals surface area contributed by atoms with Crippen LogP contribution in [-0.4, -0.2) is 68.6 Å². The first-order valence-corrected chi connectivity index (χ1v) is 9.03. The van der Waals surface area contributed by atoms with E-state index in [1.807, 2.05) is 0 Å². The Kier molecular flexibility index (Phi) is 5.70. The van der Waals surface area contributed by atoms with Crippen molar-refractivity contribution < 1.29 is 60.3 Å². The number of carbonyl (C=O) groups excluding carboxylic acids is 3. The Labute approximate surface area is 188 Å². The topological polar surface area (TPSA) is 237 Å². The molecule has 0 aliphatic heterocycles. The van der Waals surface area contributed by atoms with E-state index in [9.17, 15) is 60.3 Å². The molecule has 0 saturated heterocycles. The summed E-state index contributed by atoms with van der Waals surface area (Å²) in [6, 6.07) is 4.48. The van der Waals surface area contributed by atoms with Gasteiger partial charge in [-0.25, -0.2) is 4.90 Å². The quantitative estimate of drug-likeness (QED) is 0.192. The van der Waals surface area contributed by atoms with Gasteiger partial charge in [0.1, 0.15) is 0 Å². The number of nitrogens with zero attached hydrogens (tertiary/aromatic N) is 1. The molecular weight excluding hydrogens is 458 g/mol. The zero-order valence-corrected chi connectivity index (χ0v) is 16.7. The van der Waals surface area contributed by atoms with Crippen LogP contribution in [0.5, 0.6) is 51.7 Å². The maximum Gasteiger partial charge on any atom is 0.271 e. The first-order chi connectivity index (χ1) is 15.9. The van der Waals surface area contributed by atoms with Crippen LogP contribution < -0.4 is 0 Å². The second-order valence-corrected chi connectivity index (χ2v) is 6.74. The molecule has 0 radical (unpaired) electrons. The highest BCUT2D eigenvalue weighted by molar-refractivity contribution is 6.25. The predicted molar refractivity (Wildman–Crippen MR) is 109 cm³/mol. The molecule has 0 aromatic heterocycles. The average Bonchev–Trinajstić information content (AvgIpc) is 2.79. The number of phenolic OH excluding ortho intramolecular Hbond substituents is 9. The molecule has 3 amide bonds. The fourth-order valence-electron chi connectivity index (χ4n) is 2.86. The third kappa shape index (κ3) is 3.62. The fourth-order valence-corrected chi connectivity index (χ4v) is 2.86. The minimum Gasteiger partial charge on any atom is -0.504 e. The average molecular weight is 473 g/mol. The maximum absolute atomic E-state index is 13.1. The molecule has 3 aromatic rings. The van der Waals surface area contributed by atoms with Crippen molar-refractivity contribution in [2.75, 3.05) is 0 Å². The van der Waals surface area contributed by atoms with E-state index < -0.39 is 86.2 Å². The summed E-state index contributed by atoms with van der Waals surface area (Å²) in [5, 5.41) is 87.7. The molecule has 34 heavy (non-hydrogen) atoms. The Hall–Kier alpha value is -5.33. The molecule has 13 nitrogen and oxygen atoms in total. The standard InChI is InChI=1S/C21H15NO12/c23-10-4-1-7(13(26)16(10)29)19(32)22(20(33)8-2-5-11(24)17(30)14(8)27)21(34)9-3-6-12(25)18(31)15(9)28/h1-6,23-31H. The molecular formula is C21H15NO12. The third-order valence-corrected chi connectivity index (χ3v) is 4.69. The van der Waals surface area contributed by atoms with Crippen molar-refractivity contribution in [2.45, 2.75) is 0 Å². The van der Waals surface area contributed by atoms with Gasteiger partial charge in [0.25, 0.3) is 17.7 Å². The van der Waals surface area contributed by atoms with E-state index in [1.165, 1.54) is 0 Å². The minimum atomic E-state index is -1.64. The predicted octanol–water partition coefficient (Wildman–Crippen LogP) is 1.16. The maximum atomic E-state index is 13.1. The molecule has 0 atom stereocenters. The van der Waals surface area contributed by atoms with Gasteiger partial charge in [-0.05, 0) is 36.4 Å². The van der Waals surface area contributed by atoms with E-state index in [2.05, 4.69) is 0 Å². The largest absolute Gasteiger partial charge is 0.504 e. The van der Waals surface area contributed by atoms with Crippen molar-refractivity contribution in [1.82, 2.24) is 4.90 Å². The Balaban J connectivity index is 2.24. The van der Waals surface area contributed by atoms with Crippen molar-refractivity contribution in [2.24, 2.45) is 0 Å². The van der Waals surface area contributed by atoms with Gasteiger partial charge >= 0.3 is 0 Å². The molecule has 9 N–H and O–H groups in total. The summed E-state index contributed by atoms with van der Waals surface area (Å²) < 4.78 is 0. The lowest BCUT2D eigenvalue weighted by atomic mass is 10.1. The van der Waals surface area contributed by atoms with E-state index in [-0.39, 0.29) is 4.90 Å². The van der Waals surface area contributed by atoms with Crippen LogP contribution in [0.4, 0.5) is 0 Å². The van der Waals surface area contributed by atoms with E-state index in [0.29, 0.717) is 0 Å². The zero-order valence-electron chi connectivity index (χ0n) is 16.7. The zero-order chi connectivity index (χ0) is 25.5. The number of amides is 3. The first kappa shape index (κ1) is 23.3. The van der Waals surface area contributed by atoms with E-state index in [0.717, 1.165) is 36.4 Å². The van der Waals surface area contributed by atoms with Gasteiger partial charge in [-0.1, -0.05) is 0 Å². The second kappa shape index (κ2) is 8.31. The number of hydrogen-bond donors (Lipinski definition) is 9. The summed E-state index contributed by atoms with van der Waals surface area (Å²) >= 11 is 0. The van der Waals surface area contributed by atoms with Crippen LogP contribution in [0.3, 0.4) is 0 Å². The van der Waals surface area contributed by atoms with Gasteiger partial charge in [0.2, 0.25) is 17.2 Å². The molecule has 0 fully saturated rings. The molecule has 0 unspecified atom stereocenters. The van der Waals surface area contributed by atoms with Gasteiger partial charge in [0.05, 0.1) is 16.7 Å². The van der Waals surface area contributed by atoms with Crippen LogP contribution in [-0.2, 0) is 0 Å². The lowest BCUT2D eigenvalue weighted by Gasteiger charge is -2.21. The van der Waals surface area contributed by atoms with Gasteiger partial charge in [0.15, 0.2) is 34.5 Å².